The summed E-state index contributed by atoms with van der Waals surface area (Å²) in [6.45, 7) is 0. The first-order valence-corrected chi connectivity index (χ1v) is 9.18. The second-order valence-corrected chi connectivity index (χ2v) is 7.75. The second kappa shape index (κ2) is 6.42. The lowest BCUT2D eigenvalue weighted by molar-refractivity contribution is 0.0941. The van der Waals surface area contributed by atoms with Gasteiger partial charge in [-0.3, -0.25) is 4.79 Å². The van der Waals surface area contributed by atoms with Crippen molar-refractivity contribution in [3.8, 4) is 11.5 Å². The van der Waals surface area contributed by atoms with Gasteiger partial charge in [-0.2, -0.15) is 0 Å². The molecule has 0 spiro atoms. The number of rotatable bonds is 4. The van der Waals surface area contributed by atoms with E-state index in [9.17, 15) is 13.2 Å². The van der Waals surface area contributed by atoms with Gasteiger partial charge in [0.1, 0.15) is 11.5 Å². The largest absolute Gasteiger partial charge is 0.457 e. The Morgan fingerprint density at radius 1 is 1.04 bits per heavy atom. The summed E-state index contributed by atoms with van der Waals surface area (Å²) in [4.78, 5) is 12.3. The zero-order valence-corrected chi connectivity index (χ0v) is 13.3. The molecule has 0 aliphatic carbocycles. The maximum atomic E-state index is 12.3. The van der Waals surface area contributed by atoms with Gasteiger partial charge in [0.25, 0.3) is 5.91 Å². The van der Waals surface area contributed by atoms with Crippen molar-refractivity contribution in [2.45, 2.75) is 12.5 Å². The predicted octanol–water partition coefficient (Wildman–Crippen LogP) is 2.40. The van der Waals surface area contributed by atoms with Crippen LogP contribution in [-0.4, -0.2) is 31.9 Å². The highest BCUT2D eigenvalue weighted by molar-refractivity contribution is 7.91. The number of hydrogen-bond donors (Lipinski definition) is 1. The third-order valence-corrected chi connectivity index (χ3v) is 5.41. The summed E-state index contributed by atoms with van der Waals surface area (Å²) < 4.78 is 28.6. The van der Waals surface area contributed by atoms with E-state index in [1.54, 1.807) is 24.3 Å². The summed E-state index contributed by atoms with van der Waals surface area (Å²) in [5.74, 6) is 1.11. The molecule has 1 atom stereocenters. The summed E-state index contributed by atoms with van der Waals surface area (Å²) >= 11 is 0. The molecular weight excluding hydrogens is 314 g/mol. The summed E-state index contributed by atoms with van der Waals surface area (Å²) in [5.41, 5.74) is 0.447. The molecule has 0 bridgehead atoms. The number of carbonyl (C=O) groups is 1. The molecule has 1 heterocycles. The van der Waals surface area contributed by atoms with Crippen LogP contribution in [0.1, 0.15) is 16.8 Å². The van der Waals surface area contributed by atoms with Crippen molar-refractivity contribution < 1.29 is 17.9 Å². The number of carbonyl (C=O) groups excluding carboxylic acids is 1. The normalized spacial score (nSPS) is 19.2. The Balaban J connectivity index is 1.68. The fourth-order valence-corrected chi connectivity index (χ4v) is 4.18. The van der Waals surface area contributed by atoms with Crippen LogP contribution in [0.15, 0.2) is 54.6 Å². The SMILES string of the molecule is O=C(N[C@H]1CCS(=O)(=O)C1)c1cccc(Oc2ccccc2)c1. The van der Waals surface area contributed by atoms with Crippen molar-refractivity contribution in [1.82, 2.24) is 5.32 Å². The number of hydrogen-bond acceptors (Lipinski definition) is 4. The molecule has 2 aromatic rings. The van der Waals surface area contributed by atoms with Gasteiger partial charge in [0.05, 0.1) is 11.5 Å². The van der Waals surface area contributed by atoms with Gasteiger partial charge in [-0.1, -0.05) is 24.3 Å². The maximum Gasteiger partial charge on any atom is 0.251 e. The van der Waals surface area contributed by atoms with Crippen LogP contribution in [0, 0.1) is 0 Å². The summed E-state index contributed by atoms with van der Waals surface area (Å²) in [7, 11) is -3.01. The van der Waals surface area contributed by atoms with Crippen molar-refractivity contribution in [2.24, 2.45) is 0 Å². The average Bonchev–Trinajstić information content (AvgIpc) is 2.87. The molecule has 1 aliphatic heterocycles. The Hall–Kier alpha value is -2.34. The van der Waals surface area contributed by atoms with Crippen molar-refractivity contribution in [1.29, 1.82) is 0 Å². The van der Waals surface area contributed by atoms with E-state index in [0.717, 1.165) is 0 Å². The molecule has 23 heavy (non-hydrogen) atoms. The standard InChI is InChI=1S/C17H17NO4S/c19-17(18-14-9-10-23(20,21)12-14)13-5-4-8-16(11-13)22-15-6-2-1-3-7-15/h1-8,11,14H,9-10,12H2,(H,18,19)/t14-/m0/s1. The maximum absolute atomic E-state index is 12.3. The number of para-hydroxylation sites is 1. The Morgan fingerprint density at radius 2 is 1.78 bits per heavy atom. The van der Waals surface area contributed by atoms with Gasteiger partial charge in [0.2, 0.25) is 0 Å². The van der Waals surface area contributed by atoms with E-state index in [1.807, 2.05) is 30.3 Å². The topological polar surface area (TPSA) is 72.5 Å². The molecule has 1 saturated heterocycles. The fourth-order valence-electron chi connectivity index (χ4n) is 2.50. The Kier molecular flexibility index (Phi) is 4.34. The Morgan fingerprint density at radius 3 is 2.48 bits per heavy atom. The minimum absolute atomic E-state index is 0.0128. The second-order valence-electron chi connectivity index (χ2n) is 5.52. The molecule has 0 aromatic heterocycles. The van der Waals surface area contributed by atoms with E-state index < -0.39 is 9.84 Å². The monoisotopic (exact) mass is 331 g/mol. The number of benzene rings is 2. The lowest BCUT2D eigenvalue weighted by Gasteiger charge is -2.12. The summed E-state index contributed by atoms with van der Waals surface area (Å²) in [5, 5.41) is 2.77. The first-order valence-electron chi connectivity index (χ1n) is 7.36. The van der Waals surface area contributed by atoms with Gasteiger partial charge in [0.15, 0.2) is 9.84 Å². The predicted molar refractivity (Wildman–Crippen MR) is 87.5 cm³/mol. The lowest BCUT2D eigenvalue weighted by atomic mass is 10.1. The van der Waals surface area contributed by atoms with E-state index in [0.29, 0.717) is 23.5 Å². The highest BCUT2D eigenvalue weighted by atomic mass is 32.2. The lowest BCUT2D eigenvalue weighted by Crippen LogP contribution is -2.35. The van der Waals surface area contributed by atoms with Crippen LogP contribution < -0.4 is 10.1 Å². The number of amides is 1. The number of nitrogens with one attached hydrogen (secondary N) is 1. The molecule has 120 valence electrons. The van der Waals surface area contributed by atoms with Gasteiger partial charge in [-0.05, 0) is 36.8 Å². The van der Waals surface area contributed by atoms with Crippen molar-refractivity contribution in [2.75, 3.05) is 11.5 Å². The van der Waals surface area contributed by atoms with Crippen LogP contribution in [0.2, 0.25) is 0 Å². The van der Waals surface area contributed by atoms with Crippen LogP contribution in [-0.2, 0) is 9.84 Å². The molecular formula is C17H17NO4S. The van der Waals surface area contributed by atoms with E-state index in [-0.39, 0.29) is 23.5 Å². The van der Waals surface area contributed by atoms with Crippen LogP contribution in [0.5, 0.6) is 11.5 Å². The smallest absolute Gasteiger partial charge is 0.251 e. The third kappa shape index (κ3) is 4.10. The Labute approximate surface area is 135 Å². The zero-order chi connectivity index (χ0) is 16.3. The number of ether oxygens (including phenoxy) is 1. The van der Waals surface area contributed by atoms with Crippen LogP contribution >= 0.6 is 0 Å². The van der Waals surface area contributed by atoms with E-state index >= 15 is 0 Å². The molecule has 3 rings (SSSR count). The minimum Gasteiger partial charge on any atom is -0.457 e. The van der Waals surface area contributed by atoms with Crippen LogP contribution in [0.3, 0.4) is 0 Å². The van der Waals surface area contributed by atoms with Crippen LogP contribution in [0.25, 0.3) is 0 Å². The molecule has 1 aliphatic rings. The van der Waals surface area contributed by atoms with Gasteiger partial charge in [-0.25, -0.2) is 8.42 Å². The van der Waals surface area contributed by atoms with Crippen molar-refractivity contribution in [3.05, 3.63) is 60.2 Å². The van der Waals surface area contributed by atoms with Gasteiger partial charge >= 0.3 is 0 Å². The molecule has 1 amide bonds. The van der Waals surface area contributed by atoms with Gasteiger partial charge in [-0.15, -0.1) is 0 Å². The fraction of sp³-hybridized carbons (Fsp3) is 0.235. The zero-order valence-electron chi connectivity index (χ0n) is 12.4. The molecule has 6 heteroatoms. The van der Waals surface area contributed by atoms with Gasteiger partial charge in [0, 0.05) is 11.6 Å². The highest BCUT2D eigenvalue weighted by Gasteiger charge is 2.29. The molecule has 0 saturated carbocycles. The third-order valence-electron chi connectivity index (χ3n) is 3.64. The Bertz CT molecular complexity index is 802. The van der Waals surface area contributed by atoms with E-state index in [2.05, 4.69) is 5.32 Å². The average molecular weight is 331 g/mol. The summed E-state index contributed by atoms with van der Waals surface area (Å²) in [6.07, 6.45) is 0.467. The van der Waals surface area contributed by atoms with Gasteiger partial charge < -0.3 is 10.1 Å². The summed E-state index contributed by atoms with van der Waals surface area (Å²) in [6, 6.07) is 15.8. The molecule has 0 unspecified atom stereocenters. The molecule has 0 radical (unpaired) electrons. The highest BCUT2D eigenvalue weighted by Crippen LogP contribution is 2.22. The van der Waals surface area contributed by atoms with Crippen molar-refractivity contribution >= 4 is 15.7 Å². The van der Waals surface area contributed by atoms with E-state index in [4.69, 9.17) is 4.74 Å². The number of sulfone groups is 1. The minimum atomic E-state index is -3.01. The van der Waals surface area contributed by atoms with E-state index in [1.165, 1.54) is 0 Å². The van der Waals surface area contributed by atoms with Crippen molar-refractivity contribution in [3.63, 3.8) is 0 Å². The first kappa shape index (κ1) is 15.6. The molecule has 1 N–H and O–H groups in total. The first-order chi connectivity index (χ1) is 11.0. The van der Waals surface area contributed by atoms with Crippen LogP contribution in [0.4, 0.5) is 0 Å². The molecule has 5 nitrogen and oxygen atoms in total. The quantitative estimate of drug-likeness (QED) is 0.934. The molecule has 2 aromatic carbocycles. The molecule has 1 fully saturated rings.